The number of hydrogen-bond donors (Lipinski definition) is 2. The molecule has 1 unspecified atom stereocenters. The average molecular weight is 370 g/mol. The van der Waals surface area contributed by atoms with Crippen LogP contribution in [-0.2, 0) is 16.1 Å². The number of hydrogen-bond acceptors (Lipinski definition) is 5. The Kier molecular flexibility index (Phi) is 5.61. The fraction of sp³-hybridized carbons (Fsp3) is 0.300. The lowest BCUT2D eigenvalue weighted by molar-refractivity contribution is -0.122. The number of amides is 2. The molecule has 2 N–H and O–H groups in total. The Morgan fingerprint density at radius 3 is 2.81 bits per heavy atom. The minimum absolute atomic E-state index is 0.221. The Bertz CT molecular complexity index is 865. The van der Waals surface area contributed by atoms with E-state index in [1.54, 1.807) is 50.4 Å². The molecule has 0 fully saturated rings. The molecule has 1 aliphatic rings. The van der Waals surface area contributed by atoms with Crippen LogP contribution < -0.4 is 20.1 Å². The van der Waals surface area contributed by atoms with Crippen LogP contribution in [0.25, 0.3) is 0 Å². The van der Waals surface area contributed by atoms with Crippen molar-refractivity contribution in [3.05, 3.63) is 47.5 Å². The van der Waals surface area contributed by atoms with E-state index in [1.807, 2.05) is 6.92 Å². The summed E-state index contributed by atoms with van der Waals surface area (Å²) in [5, 5.41) is 5.59. The molecule has 0 bridgehead atoms. The Morgan fingerprint density at radius 1 is 1.26 bits per heavy atom. The molecule has 0 radical (unpaired) electrons. The molecule has 0 spiro atoms. The van der Waals surface area contributed by atoms with Crippen molar-refractivity contribution < 1.29 is 23.8 Å². The second-order valence-corrected chi connectivity index (χ2v) is 6.08. The molecule has 7 heteroatoms. The highest BCUT2D eigenvalue weighted by Crippen LogP contribution is 2.32. The van der Waals surface area contributed by atoms with Crippen LogP contribution in [0.4, 0.5) is 11.4 Å². The van der Waals surface area contributed by atoms with Gasteiger partial charge in [0.1, 0.15) is 11.5 Å². The van der Waals surface area contributed by atoms with E-state index in [0.717, 1.165) is 5.56 Å². The Hall–Kier alpha value is -3.06. The van der Waals surface area contributed by atoms with Gasteiger partial charge in [0.2, 0.25) is 0 Å². The number of carbonyl (C=O) groups is 2. The van der Waals surface area contributed by atoms with Crippen LogP contribution in [-0.4, -0.2) is 31.6 Å². The van der Waals surface area contributed by atoms with Gasteiger partial charge in [0.25, 0.3) is 11.8 Å². The first-order valence-electron chi connectivity index (χ1n) is 8.69. The summed E-state index contributed by atoms with van der Waals surface area (Å²) in [5.74, 6) is 0.750. The number of carbonyl (C=O) groups excluding carboxylic acids is 2. The molecule has 142 valence electrons. The lowest BCUT2D eigenvalue weighted by Crippen LogP contribution is -2.34. The molecule has 0 aliphatic carbocycles. The van der Waals surface area contributed by atoms with E-state index < -0.39 is 6.10 Å². The highest BCUT2D eigenvalue weighted by atomic mass is 16.5. The van der Waals surface area contributed by atoms with Gasteiger partial charge < -0.3 is 24.8 Å². The summed E-state index contributed by atoms with van der Waals surface area (Å²) in [6.07, 6.45) is -0.541. The Balaban J connectivity index is 1.77. The van der Waals surface area contributed by atoms with Gasteiger partial charge in [-0.05, 0) is 50.2 Å². The van der Waals surface area contributed by atoms with Crippen molar-refractivity contribution in [3.63, 3.8) is 0 Å². The number of methoxy groups -OCH3 is 1. The van der Waals surface area contributed by atoms with Gasteiger partial charge in [0.15, 0.2) is 6.10 Å². The first-order chi connectivity index (χ1) is 13.0. The fourth-order valence-corrected chi connectivity index (χ4v) is 2.73. The number of ether oxygens (including phenoxy) is 3. The minimum Gasteiger partial charge on any atom is -0.496 e. The van der Waals surface area contributed by atoms with Gasteiger partial charge in [-0.15, -0.1) is 0 Å². The molecule has 7 nitrogen and oxygen atoms in total. The SMILES string of the molecule is CCOCc1cc(C(=O)Nc2ccc3c(c2)NC(=O)C(C)O3)ccc1OC. The van der Waals surface area contributed by atoms with Gasteiger partial charge in [-0.2, -0.15) is 0 Å². The highest BCUT2D eigenvalue weighted by molar-refractivity contribution is 6.05. The molecule has 1 aliphatic heterocycles. The van der Waals surface area contributed by atoms with Gasteiger partial charge in [-0.25, -0.2) is 0 Å². The summed E-state index contributed by atoms with van der Waals surface area (Å²) in [7, 11) is 1.58. The molecule has 27 heavy (non-hydrogen) atoms. The van der Waals surface area contributed by atoms with E-state index in [9.17, 15) is 9.59 Å². The van der Waals surface area contributed by atoms with E-state index in [0.29, 0.717) is 41.7 Å². The molecular formula is C20H22N2O5. The summed E-state index contributed by atoms with van der Waals surface area (Å²) < 4.78 is 16.3. The van der Waals surface area contributed by atoms with Crippen molar-refractivity contribution in [1.82, 2.24) is 0 Å². The third-order valence-corrected chi connectivity index (χ3v) is 4.17. The van der Waals surface area contributed by atoms with Crippen LogP contribution in [0.3, 0.4) is 0 Å². The fourth-order valence-electron chi connectivity index (χ4n) is 2.73. The van der Waals surface area contributed by atoms with E-state index in [4.69, 9.17) is 14.2 Å². The molecule has 0 aromatic heterocycles. The first kappa shape index (κ1) is 18.7. The van der Waals surface area contributed by atoms with Gasteiger partial charge in [-0.1, -0.05) is 0 Å². The van der Waals surface area contributed by atoms with Crippen molar-refractivity contribution in [3.8, 4) is 11.5 Å². The molecule has 2 aromatic rings. The van der Waals surface area contributed by atoms with Crippen LogP contribution in [0.2, 0.25) is 0 Å². The number of fused-ring (bicyclic) bond motifs is 1. The monoisotopic (exact) mass is 370 g/mol. The largest absolute Gasteiger partial charge is 0.496 e. The van der Waals surface area contributed by atoms with Crippen molar-refractivity contribution in [2.45, 2.75) is 26.6 Å². The maximum absolute atomic E-state index is 12.6. The van der Waals surface area contributed by atoms with Crippen molar-refractivity contribution in [2.75, 3.05) is 24.4 Å². The lowest BCUT2D eigenvalue weighted by Gasteiger charge is -2.23. The standard InChI is InChI=1S/C20H22N2O5/c1-4-26-11-14-9-13(5-7-17(14)25-3)20(24)21-15-6-8-18-16(10-15)22-19(23)12(2)27-18/h5-10,12H,4,11H2,1-3H3,(H,21,24)(H,22,23). The Morgan fingerprint density at radius 2 is 2.07 bits per heavy atom. The summed E-state index contributed by atoms with van der Waals surface area (Å²) in [6.45, 7) is 4.52. The predicted molar refractivity (Wildman–Crippen MR) is 101 cm³/mol. The van der Waals surface area contributed by atoms with Crippen LogP contribution >= 0.6 is 0 Å². The zero-order valence-electron chi connectivity index (χ0n) is 15.5. The average Bonchev–Trinajstić information content (AvgIpc) is 2.67. The Labute approximate surface area is 157 Å². The lowest BCUT2D eigenvalue weighted by atomic mass is 10.1. The van der Waals surface area contributed by atoms with E-state index in [1.165, 1.54) is 0 Å². The quantitative estimate of drug-likeness (QED) is 0.816. The normalized spacial score (nSPS) is 15.4. The third-order valence-electron chi connectivity index (χ3n) is 4.17. The third kappa shape index (κ3) is 4.20. The zero-order chi connectivity index (χ0) is 19.4. The molecule has 3 rings (SSSR count). The summed E-state index contributed by atoms with van der Waals surface area (Å²) in [5.41, 5.74) is 2.37. The molecule has 1 atom stereocenters. The predicted octanol–water partition coefficient (Wildman–Crippen LogP) is 3.20. The first-order valence-corrected chi connectivity index (χ1v) is 8.69. The van der Waals surface area contributed by atoms with E-state index >= 15 is 0 Å². The number of rotatable bonds is 6. The highest BCUT2D eigenvalue weighted by Gasteiger charge is 2.23. The van der Waals surface area contributed by atoms with Crippen LogP contribution in [0.5, 0.6) is 11.5 Å². The van der Waals surface area contributed by atoms with Gasteiger partial charge in [-0.3, -0.25) is 9.59 Å². The smallest absolute Gasteiger partial charge is 0.265 e. The van der Waals surface area contributed by atoms with Crippen LogP contribution in [0.15, 0.2) is 36.4 Å². The zero-order valence-corrected chi connectivity index (χ0v) is 15.5. The summed E-state index contributed by atoms with van der Waals surface area (Å²) >= 11 is 0. The topological polar surface area (TPSA) is 85.9 Å². The van der Waals surface area contributed by atoms with Crippen LogP contribution in [0, 0.1) is 0 Å². The maximum atomic E-state index is 12.6. The molecular weight excluding hydrogens is 348 g/mol. The number of benzene rings is 2. The summed E-state index contributed by atoms with van der Waals surface area (Å²) in [6, 6.07) is 10.3. The number of anilines is 2. The van der Waals surface area contributed by atoms with Crippen molar-refractivity contribution in [2.24, 2.45) is 0 Å². The summed E-state index contributed by atoms with van der Waals surface area (Å²) in [4.78, 5) is 24.4. The molecule has 2 aromatic carbocycles. The van der Waals surface area contributed by atoms with E-state index in [-0.39, 0.29) is 11.8 Å². The number of nitrogens with one attached hydrogen (secondary N) is 2. The van der Waals surface area contributed by atoms with Gasteiger partial charge in [0.05, 0.1) is 19.4 Å². The van der Waals surface area contributed by atoms with Crippen molar-refractivity contribution in [1.29, 1.82) is 0 Å². The second-order valence-electron chi connectivity index (χ2n) is 6.08. The van der Waals surface area contributed by atoms with Crippen LogP contribution in [0.1, 0.15) is 29.8 Å². The van der Waals surface area contributed by atoms with E-state index in [2.05, 4.69) is 10.6 Å². The second kappa shape index (κ2) is 8.09. The maximum Gasteiger partial charge on any atom is 0.265 e. The molecule has 1 heterocycles. The molecule has 0 saturated carbocycles. The van der Waals surface area contributed by atoms with Crippen molar-refractivity contribution >= 4 is 23.2 Å². The molecule has 2 amide bonds. The molecule has 0 saturated heterocycles. The minimum atomic E-state index is -0.541. The van der Waals surface area contributed by atoms with Gasteiger partial charge in [0, 0.05) is 23.4 Å². The van der Waals surface area contributed by atoms with Gasteiger partial charge >= 0.3 is 0 Å².